The Kier molecular flexibility index (Phi) is 2.71. The predicted molar refractivity (Wildman–Crippen MR) is 68.4 cm³/mol. The maximum Gasteiger partial charge on any atom is 0.234 e. The number of aromatic nitrogens is 1. The molecule has 0 spiro atoms. The van der Waals surface area contributed by atoms with Gasteiger partial charge in [0.15, 0.2) is 0 Å². The second-order valence-electron chi connectivity index (χ2n) is 5.75. The van der Waals surface area contributed by atoms with Crippen molar-refractivity contribution >= 4 is 0 Å². The molecule has 0 radical (unpaired) electrons. The molecule has 3 heteroatoms. The lowest BCUT2D eigenvalue weighted by Gasteiger charge is -2.44. The zero-order chi connectivity index (χ0) is 12.7. The lowest BCUT2D eigenvalue weighted by molar-refractivity contribution is 0.153. The van der Waals surface area contributed by atoms with Crippen molar-refractivity contribution in [3.8, 4) is 0 Å². The van der Waals surface area contributed by atoms with Crippen LogP contribution in [0, 0.1) is 6.57 Å². The Balaban J connectivity index is 2.18. The fourth-order valence-corrected chi connectivity index (χ4v) is 2.61. The van der Waals surface area contributed by atoms with Gasteiger partial charge in [0.2, 0.25) is 5.54 Å². The minimum absolute atomic E-state index is 0.285. The molecule has 0 atom stereocenters. The van der Waals surface area contributed by atoms with E-state index in [1.165, 1.54) is 5.56 Å². The van der Waals surface area contributed by atoms with E-state index in [2.05, 4.69) is 29.7 Å². The molecule has 1 fully saturated rings. The van der Waals surface area contributed by atoms with Crippen molar-refractivity contribution in [3.05, 3.63) is 41.0 Å². The molecule has 90 valence electrons. The van der Waals surface area contributed by atoms with Gasteiger partial charge in [-0.1, -0.05) is 19.9 Å². The van der Waals surface area contributed by atoms with Crippen molar-refractivity contribution in [3.63, 3.8) is 0 Å². The number of rotatable bonds is 2. The van der Waals surface area contributed by atoms with E-state index in [0.717, 1.165) is 5.69 Å². The molecule has 1 aromatic heterocycles. The van der Waals surface area contributed by atoms with E-state index < -0.39 is 5.54 Å². The summed E-state index contributed by atoms with van der Waals surface area (Å²) in [4.78, 5) is 8.10. The summed E-state index contributed by atoms with van der Waals surface area (Å²) in [6, 6.07) is 4.11. The highest BCUT2D eigenvalue weighted by atomic mass is 15.0. The molecule has 1 aromatic rings. The SMILES string of the molecule is [C-]#[N+]C1(C)CC(N)(c2ccc(C(C)C)cn2)C1. The van der Waals surface area contributed by atoms with Crippen LogP contribution in [0.4, 0.5) is 0 Å². The van der Waals surface area contributed by atoms with E-state index >= 15 is 0 Å². The molecule has 0 aromatic carbocycles. The highest BCUT2D eigenvalue weighted by Gasteiger charge is 2.56. The molecule has 0 bridgehead atoms. The molecule has 1 aliphatic carbocycles. The highest BCUT2D eigenvalue weighted by molar-refractivity contribution is 5.29. The van der Waals surface area contributed by atoms with Crippen molar-refractivity contribution in [2.75, 3.05) is 0 Å². The molecular formula is C14H19N3. The van der Waals surface area contributed by atoms with E-state index in [0.29, 0.717) is 18.8 Å². The number of hydrogen-bond donors (Lipinski definition) is 1. The smallest absolute Gasteiger partial charge is 0.234 e. The van der Waals surface area contributed by atoms with Crippen LogP contribution < -0.4 is 5.73 Å². The summed E-state index contributed by atoms with van der Waals surface area (Å²) in [5.41, 5.74) is 7.76. The summed E-state index contributed by atoms with van der Waals surface area (Å²) in [7, 11) is 0. The number of nitrogens with zero attached hydrogens (tertiary/aromatic N) is 2. The van der Waals surface area contributed by atoms with Crippen LogP contribution in [0.3, 0.4) is 0 Å². The van der Waals surface area contributed by atoms with E-state index in [1.54, 1.807) is 0 Å². The van der Waals surface area contributed by atoms with Crippen molar-refractivity contribution in [2.45, 2.75) is 50.6 Å². The summed E-state index contributed by atoms with van der Waals surface area (Å²) in [6.07, 6.45) is 3.32. The largest absolute Gasteiger partial charge is 0.320 e. The van der Waals surface area contributed by atoms with Crippen LogP contribution >= 0.6 is 0 Å². The molecule has 2 N–H and O–H groups in total. The van der Waals surface area contributed by atoms with Crippen LogP contribution in [0.1, 0.15) is 50.8 Å². The van der Waals surface area contributed by atoms with Gasteiger partial charge in [-0.05, 0) is 17.5 Å². The first-order valence-electron chi connectivity index (χ1n) is 6.02. The molecule has 0 amide bonds. The maximum atomic E-state index is 7.14. The second-order valence-corrected chi connectivity index (χ2v) is 5.75. The van der Waals surface area contributed by atoms with Gasteiger partial charge in [0, 0.05) is 26.0 Å². The Morgan fingerprint density at radius 2 is 2.06 bits per heavy atom. The normalized spacial score (nSPS) is 32.0. The van der Waals surface area contributed by atoms with Gasteiger partial charge < -0.3 is 10.6 Å². The fourth-order valence-electron chi connectivity index (χ4n) is 2.61. The molecule has 3 nitrogen and oxygen atoms in total. The molecule has 0 aliphatic heterocycles. The Labute approximate surface area is 103 Å². The van der Waals surface area contributed by atoms with Gasteiger partial charge in [0.25, 0.3) is 0 Å². The Bertz CT molecular complexity index is 447. The Morgan fingerprint density at radius 1 is 1.41 bits per heavy atom. The summed E-state index contributed by atoms with van der Waals surface area (Å²) >= 11 is 0. The quantitative estimate of drug-likeness (QED) is 0.792. The van der Waals surface area contributed by atoms with Gasteiger partial charge in [-0.2, -0.15) is 0 Å². The third kappa shape index (κ3) is 2.05. The van der Waals surface area contributed by atoms with Crippen LogP contribution in [-0.2, 0) is 5.54 Å². The van der Waals surface area contributed by atoms with Crippen molar-refractivity contribution < 1.29 is 0 Å². The van der Waals surface area contributed by atoms with Crippen LogP contribution in [0.15, 0.2) is 18.3 Å². The number of hydrogen-bond acceptors (Lipinski definition) is 2. The molecule has 0 unspecified atom stereocenters. The first-order valence-corrected chi connectivity index (χ1v) is 6.02. The molecule has 2 rings (SSSR count). The molecule has 1 saturated carbocycles. The maximum absolute atomic E-state index is 7.14. The van der Waals surface area contributed by atoms with Crippen LogP contribution in [-0.4, -0.2) is 10.5 Å². The molecule has 1 heterocycles. The van der Waals surface area contributed by atoms with Gasteiger partial charge in [-0.25, -0.2) is 6.57 Å². The molecule has 1 aliphatic rings. The summed E-state index contributed by atoms with van der Waals surface area (Å²) in [6.45, 7) is 13.4. The van der Waals surface area contributed by atoms with E-state index in [-0.39, 0.29) is 5.54 Å². The van der Waals surface area contributed by atoms with Crippen molar-refractivity contribution in [2.24, 2.45) is 5.73 Å². The van der Waals surface area contributed by atoms with Crippen molar-refractivity contribution in [1.29, 1.82) is 0 Å². The third-order valence-corrected chi connectivity index (χ3v) is 3.63. The van der Waals surface area contributed by atoms with E-state index in [9.17, 15) is 0 Å². The highest BCUT2D eigenvalue weighted by Crippen LogP contribution is 2.48. The first-order chi connectivity index (χ1) is 7.88. The topological polar surface area (TPSA) is 43.3 Å². The zero-order valence-electron chi connectivity index (χ0n) is 10.7. The number of pyridine rings is 1. The molecule has 0 saturated heterocycles. The number of nitrogens with two attached hydrogens (primary N) is 1. The summed E-state index contributed by atoms with van der Waals surface area (Å²) < 4.78 is 0. The Morgan fingerprint density at radius 3 is 2.47 bits per heavy atom. The standard InChI is InChI=1S/C14H19N3/c1-10(2)11-5-6-12(17-7-11)14(15)8-13(3,9-14)16-4/h5-7,10H,8-9,15H2,1-3H3. The molecular weight excluding hydrogens is 210 g/mol. The summed E-state index contributed by atoms with van der Waals surface area (Å²) in [5, 5.41) is 0. The lowest BCUT2D eigenvalue weighted by Crippen LogP contribution is -2.57. The van der Waals surface area contributed by atoms with E-state index in [4.69, 9.17) is 12.3 Å². The van der Waals surface area contributed by atoms with Gasteiger partial charge >= 0.3 is 0 Å². The van der Waals surface area contributed by atoms with Gasteiger partial charge in [-0.3, -0.25) is 4.98 Å². The third-order valence-electron chi connectivity index (χ3n) is 3.63. The van der Waals surface area contributed by atoms with Crippen LogP contribution in [0.25, 0.3) is 4.85 Å². The Hall–Kier alpha value is -1.40. The van der Waals surface area contributed by atoms with Gasteiger partial charge in [0.1, 0.15) is 0 Å². The van der Waals surface area contributed by atoms with E-state index in [1.807, 2.05) is 19.2 Å². The second kappa shape index (κ2) is 3.82. The first kappa shape index (κ1) is 12.1. The minimum Gasteiger partial charge on any atom is -0.320 e. The molecule has 17 heavy (non-hydrogen) atoms. The fraction of sp³-hybridized carbons (Fsp3) is 0.571. The van der Waals surface area contributed by atoms with Gasteiger partial charge in [-0.15, -0.1) is 0 Å². The van der Waals surface area contributed by atoms with Crippen molar-refractivity contribution in [1.82, 2.24) is 4.98 Å². The van der Waals surface area contributed by atoms with Gasteiger partial charge in [0.05, 0.1) is 11.2 Å². The average Bonchev–Trinajstić information content (AvgIpc) is 2.27. The van der Waals surface area contributed by atoms with Crippen LogP contribution in [0.5, 0.6) is 0 Å². The lowest BCUT2D eigenvalue weighted by atomic mass is 9.63. The predicted octanol–water partition coefficient (Wildman–Crippen LogP) is 2.83. The minimum atomic E-state index is -0.394. The summed E-state index contributed by atoms with van der Waals surface area (Å²) in [5.74, 6) is 0.486. The van der Waals surface area contributed by atoms with Crippen LogP contribution in [0.2, 0.25) is 0 Å². The zero-order valence-corrected chi connectivity index (χ0v) is 10.7. The average molecular weight is 229 g/mol. The monoisotopic (exact) mass is 229 g/mol.